The molecule has 0 amide bonds. The van der Waals surface area contributed by atoms with Crippen LogP contribution in [0.4, 0.5) is 0 Å². The molecule has 0 saturated carbocycles. The lowest BCUT2D eigenvalue weighted by molar-refractivity contribution is 0.349. The Kier molecular flexibility index (Phi) is 4.44. The molecule has 0 spiro atoms. The van der Waals surface area contributed by atoms with E-state index in [0.29, 0.717) is 22.0 Å². The summed E-state index contributed by atoms with van der Waals surface area (Å²) < 4.78 is 16.5. The fraction of sp³-hybridized carbons (Fsp3) is 0.286. The van der Waals surface area contributed by atoms with E-state index in [1.807, 2.05) is 19.1 Å². The van der Waals surface area contributed by atoms with Crippen LogP contribution in [0.15, 0.2) is 22.9 Å². The maximum Gasteiger partial charge on any atom is 0.197 e. The standard InChI is InChI=1S/C14H15BrN2O3/c1-8-5-10(17-14(15)16-8)9-6-12(19-3)13(20-4)7-11(9)18-2/h5-7H,1-4H3. The molecular formula is C14H15BrN2O3. The second-order valence-electron chi connectivity index (χ2n) is 4.07. The number of halogens is 1. The van der Waals surface area contributed by atoms with Gasteiger partial charge < -0.3 is 14.2 Å². The molecule has 0 unspecified atom stereocenters. The Morgan fingerprint density at radius 1 is 0.850 bits per heavy atom. The normalized spacial score (nSPS) is 10.2. The van der Waals surface area contributed by atoms with Crippen molar-refractivity contribution >= 4 is 15.9 Å². The van der Waals surface area contributed by atoms with E-state index in [1.54, 1.807) is 27.4 Å². The Bertz CT molecular complexity index is 612. The third-order valence-electron chi connectivity index (χ3n) is 2.81. The molecule has 0 aliphatic carbocycles. The minimum atomic E-state index is 0.532. The zero-order valence-electron chi connectivity index (χ0n) is 11.7. The molecule has 1 aromatic heterocycles. The summed E-state index contributed by atoms with van der Waals surface area (Å²) in [5.74, 6) is 1.89. The van der Waals surface area contributed by atoms with Gasteiger partial charge in [0.15, 0.2) is 16.2 Å². The molecule has 0 bridgehead atoms. The molecule has 106 valence electrons. The van der Waals surface area contributed by atoms with Gasteiger partial charge in [-0.15, -0.1) is 0 Å². The summed E-state index contributed by atoms with van der Waals surface area (Å²) in [7, 11) is 4.78. The van der Waals surface area contributed by atoms with E-state index in [9.17, 15) is 0 Å². The Morgan fingerprint density at radius 3 is 2.00 bits per heavy atom. The molecule has 5 nitrogen and oxygen atoms in total. The molecule has 0 aliphatic rings. The van der Waals surface area contributed by atoms with Crippen LogP contribution in [-0.4, -0.2) is 31.3 Å². The first-order valence-electron chi connectivity index (χ1n) is 5.90. The van der Waals surface area contributed by atoms with Gasteiger partial charge in [0.2, 0.25) is 0 Å². The van der Waals surface area contributed by atoms with Crippen molar-refractivity contribution < 1.29 is 14.2 Å². The minimum Gasteiger partial charge on any atom is -0.496 e. The van der Waals surface area contributed by atoms with Gasteiger partial charge >= 0.3 is 0 Å². The molecule has 20 heavy (non-hydrogen) atoms. The van der Waals surface area contributed by atoms with Crippen LogP contribution in [0.1, 0.15) is 5.69 Å². The van der Waals surface area contributed by atoms with Crippen molar-refractivity contribution in [3.63, 3.8) is 0 Å². The molecule has 2 aromatic rings. The Morgan fingerprint density at radius 2 is 1.45 bits per heavy atom. The minimum absolute atomic E-state index is 0.532. The van der Waals surface area contributed by atoms with Crippen molar-refractivity contribution in [1.29, 1.82) is 0 Å². The maximum atomic E-state index is 5.41. The number of rotatable bonds is 4. The molecule has 2 rings (SSSR count). The van der Waals surface area contributed by atoms with E-state index in [-0.39, 0.29) is 0 Å². The lowest BCUT2D eigenvalue weighted by Gasteiger charge is -2.14. The number of ether oxygens (including phenoxy) is 3. The monoisotopic (exact) mass is 338 g/mol. The molecule has 0 atom stereocenters. The van der Waals surface area contributed by atoms with Gasteiger partial charge in [-0.3, -0.25) is 0 Å². The van der Waals surface area contributed by atoms with Crippen molar-refractivity contribution in [2.45, 2.75) is 6.92 Å². The van der Waals surface area contributed by atoms with Gasteiger partial charge in [-0.1, -0.05) is 0 Å². The smallest absolute Gasteiger partial charge is 0.197 e. The summed E-state index contributed by atoms with van der Waals surface area (Å²) in [4.78, 5) is 8.57. The van der Waals surface area contributed by atoms with E-state index >= 15 is 0 Å². The number of hydrogen-bond acceptors (Lipinski definition) is 5. The van der Waals surface area contributed by atoms with Crippen LogP contribution in [0, 0.1) is 6.92 Å². The number of aromatic nitrogens is 2. The van der Waals surface area contributed by atoms with Gasteiger partial charge in [-0.25, -0.2) is 9.97 Å². The highest BCUT2D eigenvalue weighted by atomic mass is 79.9. The summed E-state index contributed by atoms with van der Waals surface area (Å²) >= 11 is 3.30. The number of nitrogens with zero attached hydrogens (tertiary/aromatic N) is 2. The number of benzene rings is 1. The predicted molar refractivity (Wildman–Crippen MR) is 79.6 cm³/mol. The van der Waals surface area contributed by atoms with Crippen molar-refractivity contribution in [1.82, 2.24) is 9.97 Å². The largest absolute Gasteiger partial charge is 0.496 e. The van der Waals surface area contributed by atoms with Crippen LogP contribution in [0.5, 0.6) is 17.2 Å². The first-order chi connectivity index (χ1) is 9.58. The summed E-state index contributed by atoms with van der Waals surface area (Å²) in [5, 5.41) is 0. The first-order valence-corrected chi connectivity index (χ1v) is 6.70. The third kappa shape index (κ3) is 2.85. The summed E-state index contributed by atoms with van der Waals surface area (Å²) in [6, 6.07) is 5.50. The Hall–Kier alpha value is -1.82. The zero-order valence-corrected chi connectivity index (χ0v) is 13.3. The van der Waals surface area contributed by atoms with Crippen LogP contribution in [-0.2, 0) is 0 Å². The quantitative estimate of drug-likeness (QED) is 0.801. The predicted octanol–water partition coefficient (Wildman–Crippen LogP) is 3.24. The number of methoxy groups -OCH3 is 3. The average molecular weight is 339 g/mol. The molecule has 0 N–H and O–H groups in total. The average Bonchev–Trinajstić information content (AvgIpc) is 2.44. The fourth-order valence-electron chi connectivity index (χ4n) is 1.90. The molecule has 1 heterocycles. The van der Waals surface area contributed by atoms with Gasteiger partial charge in [0.05, 0.1) is 27.0 Å². The van der Waals surface area contributed by atoms with Gasteiger partial charge in [0.1, 0.15) is 5.75 Å². The van der Waals surface area contributed by atoms with E-state index < -0.39 is 0 Å². The highest BCUT2D eigenvalue weighted by Crippen LogP contribution is 2.39. The highest BCUT2D eigenvalue weighted by molar-refractivity contribution is 9.10. The lowest BCUT2D eigenvalue weighted by Crippen LogP contribution is -1.97. The van der Waals surface area contributed by atoms with E-state index in [0.717, 1.165) is 17.0 Å². The van der Waals surface area contributed by atoms with Crippen molar-refractivity contribution in [3.05, 3.63) is 28.6 Å². The molecule has 1 aromatic carbocycles. The van der Waals surface area contributed by atoms with Gasteiger partial charge in [-0.2, -0.15) is 0 Å². The topological polar surface area (TPSA) is 53.5 Å². The second-order valence-corrected chi connectivity index (χ2v) is 4.78. The Labute approximate surface area is 126 Å². The van der Waals surface area contributed by atoms with E-state index in [4.69, 9.17) is 14.2 Å². The highest BCUT2D eigenvalue weighted by Gasteiger charge is 2.15. The van der Waals surface area contributed by atoms with Gasteiger partial charge in [-0.05, 0) is 35.0 Å². The zero-order chi connectivity index (χ0) is 14.7. The van der Waals surface area contributed by atoms with Crippen LogP contribution in [0.25, 0.3) is 11.3 Å². The first kappa shape index (κ1) is 14.6. The third-order valence-corrected chi connectivity index (χ3v) is 3.16. The molecule has 0 saturated heterocycles. The van der Waals surface area contributed by atoms with Gasteiger partial charge in [0, 0.05) is 17.3 Å². The maximum absolute atomic E-state index is 5.41. The molecule has 0 fully saturated rings. The van der Waals surface area contributed by atoms with Crippen LogP contribution < -0.4 is 14.2 Å². The summed E-state index contributed by atoms with van der Waals surface area (Å²) in [6.45, 7) is 1.91. The van der Waals surface area contributed by atoms with Crippen molar-refractivity contribution in [2.24, 2.45) is 0 Å². The molecule has 0 radical (unpaired) electrons. The Balaban J connectivity index is 2.65. The number of hydrogen-bond donors (Lipinski definition) is 0. The molecular weight excluding hydrogens is 324 g/mol. The summed E-state index contributed by atoms with van der Waals surface area (Å²) in [6.07, 6.45) is 0. The van der Waals surface area contributed by atoms with Crippen LogP contribution in [0.2, 0.25) is 0 Å². The lowest BCUT2D eigenvalue weighted by atomic mass is 10.1. The number of aryl methyl sites for hydroxylation is 1. The van der Waals surface area contributed by atoms with E-state index in [1.165, 1.54) is 0 Å². The molecule has 6 heteroatoms. The summed E-state index contributed by atoms with van der Waals surface area (Å²) in [5.41, 5.74) is 2.43. The second kappa shape index (κ2) is 6.09. The molecule has 0 aliphatic heterocycles. The van der Waals surface area contributed by atoms with Crippen LogP contribution in [0.3, 0.4) is 0 Å². The van der Waals surface area contributed by atoms with Crippen molar-refractivity contribution in [2.75, 3.05) is 21.3 Å². The van der Waals surface area contributed by atoms with Gasteiger partial charge in [0.25, 0.3) is 0 Å². The van der Waals surface area contributed by atoms with Crippen molar-refractivity contribution in [3.8, 4) is 28.5 Å². The SMILES string of the molecule is COc1cc(OC)c(-c2cc(C)nc(Br)n2)cc1OC. The van der Waals surface area contributed by atoms with Crippen LogP contribution >= 0.6 is 15.9 Å². The van der Waals surface area contributed by atoms with E-state index in [2.05, 4.69) is 25.9 Å². The fourth-order valence-corrected chi connectivity index (χ4v) is 2.37.